The molecule has 3 rings (SSSR count). The maximum absolute atomic E-state index is 13.2. The quantitative estimate of drug-likeness (QED) is 0.877. The third-order valence-electron chi connectivity index (χ3n) is 4.25. The van der Waals surface area contributed by atoms with Crippen LogP contribution in [0.5, 0.6) is 0 Å². The second-order valence-electron chi connectivity index (χ2n) is 5.75. The molecule has 1 fully saturated rings. The van der Waals surface area contributed by atoms with Crippen molar-refractivity contribution in [2.45, 2.75) is 37.7 Å². The molecule has 0 aliphatic heterocycles. The van der Waals surface area contributed by atoms with E-state index in [1.165, 1.54) is 24.1 Å². The Kier molecular flexibility index (Phi) is 4.02. The Morgan fingerprint density at radius 1 is 1.05 bits per heavy atom. The molecular weight excluding hydrogens is 270 g/mol. The maximum Gasteiger partial charge on any atom is 0.126 e. The molecule has 2 aromatic carbocycles. The summed E-state index contributed by atoms with van der Waals surface area (Å²) in [6, 6.07) is 11.2. The molecule has 21 heavy (non-hydrogen) atoms. The van der Waals surface area contributed by atoms with E-state index in [-0.39, 0.29) is 6.42 Å². The molecule has 1 aliphatic rings. The summed E-state index contributed by atoms with van der Waals surface area (Å²) in [6.45, 7) is 0. The van der Waals surface area contributed by atoms with Crippen molar-refractivity contribution in [3.05, 3.63) is 70.8 Å². The molecule has 1 nitrogen and oxygen atoms in total. The van der Waals surface area contributed by atoms with Crippen LogP contribution < -0.4 is 0 Å². The topological polar surface area (TPSA) is 20.2 Å². The van der Waals surface area contributed by atoms with Crippen LogP contribution in [0.15, 0.2) is 42.5 Å². The van der Waals surface area contributed by atoms with Gasteiger partial charge in [0, 0.05) is 12.5 Å². The third kappa shape index (κ3) is 3.13. The van der Waals surface area contributed by atoms with Crippen molar-refractivity contribution < 1.29 is 13.9 Å². The molecule has 3 heteroatoms. The zero-order chi connectivity index (χ0) is 14.8. The zero-order valence-electron chi connectivity index (χ0n) is 11.7. The molecule has 0 bridgehead atoms. The summed E-state index contributed by atoms with van der Waals surface area (Å²) >= 11 is 0. The minimum Gasteiger partial charge on any atom is -0.388 e. The fourth-order valence-electron chi connectivity index (χ4n) is 2.97. The van der Waals surface area contributed by atoms with Crippen molar-refractivity contribution in [2.75, 3.05) is 0 Å². The van der Waals surface area contributed by atoms with Gasteiger partial charge >= 0.3 is 0 Å². The summed E-state index contributed by atoms with van der Waals surface area (Å²) in [5.41, 5.74) is 2.53. The van der Waals surface area contributed by atoms with Gasteiger partial charge in [0.2, 0.25) is 0 Å². The van der Waals surface area contributed by atoms with Crippen LogP contribution >= 0.6 is 0 Å². The molecule has 0 amide bonds. The molecule has 0 heterocycles. The first-order valence-electron chi connectivity index (χ1n) is 7.35. The molecule has 0 aromatic heterocycles. The first kappa shape index (κ1) is 14.2. The maximum atomic E-state index is 13.2. The SMILES string of the molecule is OC(Cc1cc(F)cc(F)c1)c1ccccc1C1CCC1. The Bertz CT molecular complexity index is 615. The number of benzene rings is 2. The molecule has 1 N–H and O–H groups in total. The molecule has 1 atom stereocenters. The van der Waals surface area contributed by atoms with Crippen molar-refractivity contribution >= 4 is 0 Å². The average Bonchev–Trinajstić information content (AvgIpc) is 2.36. The Hall–Kier alpha value is -1.74. The van der Waals surface area contributed by atoms with E-state index in [2.05, 4.69) is 6.07 Å². The summed E-state index contributed by atoms with van der Waals surface area (Å²) in [7, 11) is 0. The van der Waals surface area contributed by atoms with Gasteiger partial charge in [-0.25, -0.2) is 8.78 Å². The van der Waals surface area contributed by atoms with Crippen molar-refractivity contribution in [1.29, 1.82) is 0 Å². The number of rotatable bonds is 4. The van der Waals surface area contributed by atoms with E-state index < -0.39 is 17.7 Å². The lowest BCUT2D eigenvalue weighted by Crippen LogP contribution is -2.14. The van der Waals surface area contributed by atoms with Gasteiger partial charge in [0.25, 0.3) is 0 Å². The second kappa shape index (κ2) is 5.94. The molecular formula is C18H18F2O. The number of halogens is 2. The van der Waals surface area contributed by atoms with E-state index in [1.807, 2.05) is 18.2 Å². The smallest absolute Gasteiger partial charge is 0.126 e. The van der Waals surface area contributed by atoms with Crippen molar-refractivity contribution in [1.82, 2.24) is 0 Å². The van der Waals surface area contributed by atoms with E-state index in [9.17, 15) is 13.9 Å². The van der Waals surface area contributed by atoms with Crippen LogP contribution in [0.1, 0.15) is 48.0 Å². The largest absolute Gasteiger partial charge is 0.388 e. The van der Waals surface area contributed by atoms with Gasteiger partial charge in [-0.1, -0.05) is 30.7 Å². The molecule has 0 radical (unpaired) electrons. The van der Waals surface area contributed by atoms with Gasteiger partial charge in [0.15, 0.2) is 0 Å². The highest BCUT2D eigenvalue weighted by Gasteiger charge is 2.24. The monoisotopic (exact) mass is 288 g/mol. The predicted octanol–water partition coefficient (Wildman–Crippen LogP) is 4.51. The first-order chi connectivity index (χ1) is 10.1. The van der Waals surface area contributed by atoms with Crippen molar-refractivity contribution in [3.8, 4) is 0 Å². The van der Waals surface area contributed by atoms with Crippen molar-refractivity contribution in [3.63, 3.8) is 0 Å². The van der Waals surface area contributed by atoms with E-state index in [0.717, 1.165) is 24.5 Å². The standard InChI is InChI=1S/C18H18F2O/c19-14-8-12(9-15(20)11-14)10-18(21)17-7-2-1-6-16(17)13-4-3-5-13/h1-2,6-9,11,13,18,21H,3-5,10H2. The van der Waals surface area contributed by atoms with E-state index in [1.54, 1.807) is 0 Å². The summed E-state index contributed by atoms with van der Waals surface area (Å²) in [4.78, 5) is 0. The molecule has 110 valence electrons. The molecule has 1 aliphatic carbocycles. The van der Waals surface area contributed by atoms with Gasteiger partial charge in [-0.05, 0) is 47.6 Å². The minimum absolute atomic E-state index is 0.221. The van der Waals surface area contributed by atoms with Crippen LogP contribution in [0.2, 0.25) is 0 Å². The summed E-state index contributed by atoms with van der Waals surface area (Å²) in [5, 5.41) is 10.5. The number of hydrogen-bond donors (Lipinski definition) is 1. The third-order valence-corrected chi connectivity index (χ3v) is 4.25. The van der Waals surface area contributed by atoms with E-state index in [0.29, 0.717) is 11.5 Å². The van der Waals surface area contributed by atoms with Crippen LogP contribution in [-0.2, 0) is 6.42 Å². The lowest BCUT2D eigenvalue weighted by Gasteiger charge is -2.29. The number of hydrogen-bond acceptors (Lipinski definition) is 1. The zero-order valence-corrected chi connectivity index (χ0v) is 11.7. The summed E-state index contributed by atoms with van der Waals surface area (Å²) in [5.74, 6) is -0.700. The van der Waals surface area contributed by atoms with E-state index in [4.69, 9.17) is 0 Å². The minimum atomic E-state index is -0.733. The summed E-state index contributed by atoms with van der Waals surface area (Å²) < 4.78 is 26.5. The van der Waals surface area contributed by atoms with Gasteiger partial charge in [-0.15, -0.1) is 0 Å². The number of aliphatic hydroxyl groups is 1. The Balaban J connectivity index is 1.83. The number of aliphatic hydroxyl groups excluding tert-OH is 1. The fraction of sp³-hybridized carbons (Fsp3) is 0.333. The highest BCUT2D eigenvalue weighted by molar-refractivity contribution is 5.34. The van der Waals surface area contributed by atoms with Gasteiger partial charge in [-0.2, -0.15) is 0 Å². The summed E-state index contributed by atoms with van der Waals surface area (Å²) in [6.07, 6.45) is 3.02. The fourth-order valence-corrected chi connectivity index (χ4v) is 2.97. The van der Waals surface area contributed by atoms with Crippen LogP contribution in [-0.4, -0.2) is 5.11 Å². The van der Waals surface area contributed by atoms with Crippen LogP contribution in [0.25, 0.3) is 0 Å². The lowest BCUT2D eigenvalue weighted by molar-refractivity contribution is 0.175. The Labute approximate surface area is 123 Å². The normalized spacial score (nSPS) is 16.5. The molecule has 0 spiro atoms. The molecule has 1 unspecified atom stereocenters. The van der Waals surface area contributed by atoms with Gasteiger partial charge in [0.1, 0.15) is 11.6 Å². The molecule has 0 saturated heterocycles. The van der Waals surface area contributed by atoms with Gasteiger partial charge in [-0.3, -0.25) is 0 Å². The Morgan fingerprint density at radius 3 is 2.33 bits per heavy atom. The highest BCUT2D eigenvalue weighted by Crippen LogP contribution is 2.39. The van der Waals surface area contributed by atoms with E-state index >= 15 is 0 Å². The first-order valence-corrected chi connectivity index (χ1v) is 7.35. The van der Waals surface area contributed by atoms with Crippen molar-refractivity contribution in [2.24, 2.45) is 0 Å². The average molecular weight is 288 g/mol. The molecule has 2 aromatic rings. The lowest BCUT2D eigenvalue weighted by atomic mass is 9.77. The predicted molar refractivity (Wildman–Crippen MR) is 78.1 cm³/mol. The Morgan fingerprint density at radius 2 is 1.71 bits per heavy atom. The van der Waals surface area contributed by atoms with Gasteiger partial charge < -0.3 is 5.11 Å². The van der Waals surface area contributed by atoms with Crippen LogP contribution in [0, 0.1) is 11.6 Å². The van der Waals surface area contributed by atoms with Crippen LogP contribution in [0.4, 0.5) is 8.78 Å². The molecule has 1 saturated carbocycles. The van der Waals surface area contributed by atoms with Gasteiger partial charge in [0.05, 0.1) is 6.10 Å². The van der Waals surface area contributed by atoms with Crippen LogP contribution in [0.3, 0.4) is 0 Å². The second-order valence-corrected chi connectivity index (χ2v) is 5.75. The highest BCUT2D eigenvalue weighted by atomic mass is 19.1.